The van der Waals surface area contributed by atoms with E-state index in [0.717, 1.165) is 0 Å². The summed E-state index contributed by atoms with van der Waals surface area (Å²) in [6.07, 6.45) is 0.648. The number of carboxylic acids is 1. The number of ether oxygens (including phenoxy) is 1. The summed E-state index contributed by atoms with van der Waals surface area (Å²) in [5.74, 6) is -1.60. The number of carboxylic acid groups (broad SMARTS) is 1. The van der Waals surface area contributed by atoms with Crippen molar-refractivity contribution in [1.82, 2.24) is 0 Å². The van der Waals surface area contributed by atoms with E-state index in [0.29, 0.717) is 6.42 Å². The van der Waals surface area contributed by atoms with Gasteiger partial charge < -0.3 is 15.2 Å². The number of aromatic carboxylic acids is 1. The second-order valence-electron chi connectivity index (χ2n) is 4.22. The summed E-state index contributed by atoms with van der Waals surface area (Å²) >= 11 is 11.7. The van der Waals surface area contributed by atoms with E-state index in [1.54, 1.807) is 7.11 Å². The van der Waals surface area contributed by atoms with Crippen molar-refractivity contribution in [3.8, 4) is 0 Å². The molecule has 1 amide bonds. The highest BCUT2D eigenvalue weighted by Crippen LogP contribution is 2.32. The standard InChI is InChI=1S/C13H15Cl2NO4/c1-7(20-2)3-6-10(17)16-12-9(15)5-4-8(14)11(12)13(18)19/h4-5,7H,3,6H2,1-2H3,(H,16,17)(H,18,19). The molecule has 0 saturated heterocycles. The predicted octanol–water partition coefficient (Wildman–Crippen LogP) is 3.45. The number of carbonyl (C=O) groups excluding carboxylic acids is 1. The van der Waals surface area contributed by atoms with Crippen molar-refractivity contribution in [3.63, 3.8) is 0 Å². The highest BCUT2D eigenvalue weighted by atomic mass is 35.5. The normalized spacial score (nSPS) is 12.0. The van der Waals surface area contributed by atoms with Crippen LogP contribution in [0.2, 0.25) is 10.0 Å². The van der Waals surface area contributed by atoms with Crippen molar-refractivity contribution >= 4 is 40.8 Å². The molecular formula is C13H15Cl2NO4. The topological polar surface area (TPSA) is 75.6 Å². The van der Waals surface area contributed by atoms with Crippen molar-refractivity contribution in [2.75, 3.05) is 12.4 Å². The lowest BCUT2D eigenvalue weighted by atomic mass is 10.1. The molecule has 0 fully saturated rings. The van der Waals surface area contributed by atoms with Gasteiger partial charge in [-0.2, -0.15) is 0 Å². The summed E-state index contributed by atoms with van der Waals surface area (Å²) in [5, 5.41) is 11.8. The van der Waals surface area contributed by atoms with E-state index < -0.39 is 5.97 Å². The number of carbonyl (C=O) groups is 2. The number of methoxy groups -OCH3 is 1. The van der Waals surface area contributed by atoms with Crippen molar-refractivity contribution in [1.29, 1.82) is 0 Å². The maximum absolute atomic E-state index is 11.8. The van der Waals surface area contributed by atoms with Gasteiger partial charge in [0.2, 0.25) is 5.91 Å². The van der Waals surface area contributed by atoms with E-state index in [2.05, 4.69) is 5.32 Å². The van der Waals surface area contributed by atoms with Crippen LogP contribution in [0, 0.1) is 0 Å². The molecule has 7 heteroatoms. The molecule has 1 rings (SSSR count). The third-order valence-corrected chi connectivity index (χ3v) is 3.39. The smallest absolute Gasteiger partial charge is 0.339 e. The van der Waals surface area contributed by atoms with Crippen LogP contribution >= 0.6 is 23.2 Å². The van der Waals surface area contributed by atoms with E-state index in [1.807, 2.05) is 6.92 Å². The molecular weight excluding hydrogens is 305 g/mol. The largest absolute Gasteiger partial charge is 0.478 e. The Morgan fingerprint density at radius 3 is 2.50 bits per heavy atom. The molecule has 0 aliphatic carbocycles. The zero-order valence-electron chi connectivity index (χ0n) is 11.1. The Morgan fingerprint density at radius 1 is 1.35 bits per heavy atom. The van der Waals surface area contributed by atoms with Gasteiger partial charge in [-0.3, -0.25) is 4.79 Å². The van der Waals surface area contributed by atoms with Crippen LogP contribution in [0.25, 0.3) is 0 Å². The van der Waals surface area contributed by atoms with Crippen LogP contribution in [0.5, 0.6) is 0 Å². The first-order valence-corrected chi connectivity index (χ1v) is 6.66. The number of amides is 1. The van der Waals surface area contributed by atoms with Crippen molar-refractivity contribution < 1.29 is 19.4 Å². The lowest BCUT2D eigenvalue weighted by Gasteiger charge is -2.13. The van der Waals surface area contributed by atoms with Crippen LogP contribution in [0.4, 0.5) is 5.69 Å². The summed E-state index contributed by atoms with van der Waals surface area (Å²) in [6.45, 7) is 1.84. The average Bonchev–Trinajstić information content (AvgIpc) is 2.39. The van der Waals surface area contributed by atoms with Crippen LogP contribution in [-0.2, 0) is 9.53 Å². The van der Waals surface area contributed by atoms with E-state index in [4.69, 9.17) is 33.0 Å². The minimum Gasteiger partial charge on any atom is -0.478 e. The Hall–Kier alpha value is -1.30. The zero-order valence-corrected chi connectivity index (χ0v) is 12.6. The third kappa shape index (κ3) is 4.37. The number of anilines is 1. The maximum atomic E-state index is 11.8. The first-order chi connectivity index (χ1) is 9.36. The molecule has 2 N–H and O–H groups in total. The van der Waals surface area contributed by atoms with Crippen LogP contribution in [0.15, 0.2) is 12.1 Å². The van der Waals surface area contributed by atoms with E-state index in [1.165, 1.54) is 12.1 Å². The second-order valence-corrected chi connectivity index (χ2v) is 5.03. The zero-order chi connectivity index (χ0) is 15.3. The lowest BCUT2D eigenvalue weighted by Crippen LogP contribution is -2.17. The van der Waals surface area contributed by atoms with E-state index in [-0.39, 0.29) is 39.7 Å². The molecule has 0 radical (unpaired) electrons. The first kappa shape index (κ1) is 16.8. The number of hydrogen-bond acceptors (Lipinski definition) is 3. The molecule has 0 saturated carbocycles. The number of hydrogen-bond donors (Lipinski definition) is 2. The minimum atomic E-state index is -1.25. The molecule has 0 aliphatic rings. The summed E-state index contributed by atoms with van der Waals surface area (Å²) in [5.41, 5.74) is -0.200. The fourth-order valence-corrected chi connectivity index (χ4v) is 1.98. The fraction of sp³-hybridized carbons (Fsp3) is 0.385. The van der Waals surface area contributed by atoms with Gasteiger partial charge in [-0.25, -0.2) is 4.79 Å². The summed E-state index contributed by atoms with van der Waals surface area (Å²) in [7, 11) is 1.55. The van der Waals surface area contributed by atoms with Gasteiger partial charge in [0.05, 0.1) is 21.8 Å². The third-order valence-electron chi connectivity index (χ3n) is 2.76. The first-order valence-electron chi connectivity index (χ1n) is 5.90. The molecule has 0 heterocycles. The van der Waals surface area contributed by atoms with Gasteiger partial charge in [-0.05, 0) is 25.5 Å². The highest BCUT2D eigenvalue weighted by Gasteiger charge is 2.19. The van der Waals surface area contributed by atoms with Crippen LogP contribution in [0.3, 0.4) is 0 Å². The molecule has 1 atom stereocenters. The van der Waals surface area contributed by atoms with Crippen LogP contribution in [0.1, 0.15) is 30.1 Å². The Balaban J connectivity index is 2.89. The Bertz CT molecular complexity index is 519. The van der Waals surface area contributed by atoms with Gasteiger partial charge in [0.1, 0.15) is 5.56 Å². The minimum absolute atomic E-state index is 0.0155. The van der Waals surface area contributed by atoms with Gasteiger partial charge in [0, 0.05) is 13.5 Å². The molecule has 1 aromatic rings. The SMILES string of the molecule is COC(C)CCC(=O)Nc1c(Cl)ccc(Cl)c1C(=O)O. The van der Waals surface area contributed by atoms with Crippen molar-refractivity contribution in [2.45, 2.75) is 25.9 Å². The maximum Gasteiger partial charge on any atom is 0.339 e. The molecule has 0 spiro atoms. The number of halogens is 2. The molecule has 0 aromatic heterocycles. The van der Waals surface area contributed by atoms with Gasteiger partial charge in [0.15, 0.2) is 0 Å². The van der Waals surface area contributed by atoms with Gasteiger partial charge in [0.25, 0.3) is 0 Å². The molecule has 20 heavy (non-hydrogen) atoms. The fourth-order valence-electron chi connectivity index (χ4n) is 1.54. The quantitative estimate of drug-likeness (QED) is 0.842. The molecule has 110 valence electrons. The number of rotatable bonds is 6. The van der Waals surface area contributed by atoms with E-state index >= 15 is 0 Å². The molecule has 0 bridgehead atoms. The molecule has 5 nitrogen and oxygen atoms in total. The highest BCUT2D eigenvalue weighted by molar-refractivity contribution is 6.38. The van der Waals surface area contributed by atoms with Gasteiger partial charge >= 0.3 is 5.97 Å². The summed E-state index contributed by atoms with van der Waals surface area (Å²) in [4.78, 5) is 23.0. The summed E-state index contributed by atoms with van der Waals surface area (Å²) in [6, 6.07) is 2.81. The van der Waals surface area contributed by atoms with Crippen LogP contribution in [-0.4, -0.2) is 30.2 Å². The van der Waals surface area contributed by atoms with Crippen LogP contribution < -0.4 is 5.32 Å². The summed E-state index contributed by atoms with van der Waals surface area (Å²) < 4.78 is 5.03. The van der Waals surface area contributed by atoms with Gasteiger partial charge in [-0.1, -0.05) is 23.2 Å². The second kappa shape index (κ2) is 7.47. The molecule has 1 aromatic carbocycles. The molecule has 1 unspecified atom stereocenters. The number of nitrogens with one attached hydrogen (secondary N) is 1. The molecule has 0 aliphatic heterocycles. The Labute approximate surface area is 126 Å². The van der Waals surface area contributed by atoms with Crippen molar-refractivity contribution in [3.05, 3.63) is 27.7 Å². The van der Waals surface area contributed by atoms with Gasteiger partial charge in [-0.15, -0.1) is 0 Å². The Kier molecular flexibility index (Phi) is 6.26. The van der Waals surface area contributed by atoms with Crippen molar-refractivity contribution in [2.24, 2.45) is 0 Å². The van der Waals surface area contributed by atoms with E-state index in [9.17, 15) is 9.59 Å². The monoisotopic (exact) mass is 319 g/mol. The predicted molar refractivity (Wildman–Crippen MR) is 77.8 cm³/mol. The average molecular weight is 320 g/mol. The number of benzene rings is 1. The lowest BCUT2D eigenvalue weighted by molar-refractivity contribution is -0.116. The Morgan fingerprint density at radius 2 is 1.95 bits per heavy atom.